The van der Waals surface area contributed by atoms with Gasteiger partial charge in [-0.1, -0.05) is 18.2 Å². The van der Waals surface area contributed by atoms with Gasteiger partial charge in [-0.05, 0) is 30.3 Å². The fourth-order valence-corrected chi connectivity index (χ4v) is 2.56. The summed E-state index contributed by atoms with van der Waals surface area (Å²) in [6.07, 6.45) is -0.0948. The molecule has 0 amide bonds. The molecule has 0 N–H and O–H groups in total. The van der Waals surface area contributed by atoms with E-state index in [4.69, 9.17) is 13.9 Å². The van der Waals surface area contributed by atoms with Crippen molar-refractivity contribution in [1.29, 1.82) is 0 Å². The van der Waals surface area contributed by atoms with Crippen molar-refractivity contribution in [2.24, 2.45) is 0 Å². The van der Waals surface area contributed by atoms with E-state index in [9.17, 15) is 9.59 Å². The number of rotatable bonds is 5. The summed E-state index contributed by atoms with van der Waals surface area (Å²) in [5.41, 5.74) is 1.45. The van der Waals surface area contributed by atoms with Gasteiger partial charge in [0.05, 0.1) is 19.8 Å². The van der Waals surface area contributed by atoms with Crippen LogP contribution in [0.25, 0.3) is 11.0 Å². The summed E-state index contributed by atoms with van der Waals surface area (Å²) in [7, 11) is 2.87. The molecule has 122 valence electrons. The average Bonchev–Trinajstić information content (AvgIpc) is 2.98. The van der Waals surface area contributed by atoms with Crippen molar-refractivity contribution in [2.75, 3.05) is 14.2 Å². The number of para-hydroxylation sites is 1. The molecule has 0 aliphatic rings. The number of hydrogen-bond donors (Lipinski definition) is 0. The minimum atomic E-state index is -0.460. The Hall–Kier alpha value is -3.08. The SMILES string of the molecule is COC(=O)Cc1oc2ccccc2c1C(=O)c1ccc(OC)cc1. The largest absolute Gasteiger partial charge is 0.497 e. The number of esters is 1. The second-order valence-electron chi connectivity index (χ2n) is 5.21. The van der Waals surface area contributed by atoms with Crippen molar-refractivity contribution >= 4 is 22.7 Å². The number of ether oxygens (including phenoxy) is 2. The Kier molecular flexibility index (Phi) is 4.33. The van der Waals surface area contributed by atoms with Gasteiger partial charge < -0.3 is 13.9 Å². The Morgan fingerprint density at radius 3 is 2.38 bits per heavy atom. The molecule has 0 unspecified atom stereocenters. The average molecular weight is 324 g/mol. The minimum Gasteiger partial charge on any atom is -0.497 e. The summed E-state index contributed by atoms with van der Waals surface area (Å²) < 4.78 is 15.5. The Labute approximate surface area is 138 Å². The Morgan fingerprint density at radius 2 is 1.71 bits per heavy atom. The highest BCUT2D eigenvalue weighted by Gasteiger charge is 2.23. The molecule has 0 aliphatic heterocycles. The first-order valence-electron chi connectivity index (χ1n) is 7.40. The first-order chi connectivity index (χ1) is 11.6. The van der Waals surface area contributed by atoms with Gasteiger partial charge in [0, 0.05) is 10.9 Å². The Bertz CT molecular complexity index is 890. The number of hydrogen-bond acceptors (Lipinski definition) is 5. The quantitative estimate of drug-likeness (QED) is 0.532. The zero-order valence-electron chi connectivity index (χ0n) is 13.4. The zero-order valence-corrected chi connectivity index (χ0v) is 13.4. The minimum absolute atomic E-state index is 0.0948. The molecule has 0 saturated carbocycles. The van der Waals surface area contributed by atoms with Crippen LogP contribution in [0.5, 0.6) is 5.75 Å². The molecule has 0 saturated heterocycles. The van der Waals surface area contributed by atoms with Crippen LogP contribution in [0, 0.1) is 0 Å². The van der Waals surface area contributed by atoms with Crippen LogP contribution < -0.4 is 4.74 Å². The third-order valence-electron chi connectivity index (χ3n) is 3.78. The van der Waals surface area contributed by atoms with Crippen molar-refractivity contribution < 1.29 is 23.5 Å². The second-order valence-corrected chi connectivity index (χ2v) is 5.21. The molecule has 2 aromatic carbocycles. The molecule has 1 aromatic heterocycles. The summed E-state index contributed by atoms with van der Waals surface area (Å²) >= 11 is 0. The molecular weight excluding hydrogens is 308 g/mol. The molecule has 0 atom stereocenters. The van der Waals surface area contributed by atoms with E-state index in [-0.39, 0.29) is 12.2 Å². The van der Waals surface area contributed by atoms with Crippen LogP contribution >= 0.6 is 0 Å². The molecule has 0 fully saturated rings. The zero-order chi connectivity index (χ0) is 17.1. The maximum Gasteiger partial charge on any atom is 0.313 e. The third kappa shape index (κ3) is 2.88. The molecule has 3 aromatic rings. The van der Waals surface area contributed by atoms with E-state index in [0.717, 1.165) is 0 Å². The van der Waals surface area contributed by atoms with Gasteiger partial charge in [0.15, 0.2) is 5.78 Å². The molecule has 1 heterocycles. The summed E-state index contributed by atoms with van der Waals surface area (Å²) in [6.45, 7) is 0. The lowest BCUT2D eigenvalue weighted by Crippen LogP contribution is -2.09. The lowest BCUT2D eigenvalue weighted by atomic mass is 9.99. The first kappa shape index (κ1) is 15.8. The van der Waals surface area contributed by atoms with Crippen LogP contribution in [-0.2, 0) is 16.0 Å². The summed E-state index contributed by atoms with van der Waals surface area (Å²) in [6, 6.07) is 14.0. The maximum absolute atomic E-state index is 13.0. The lowest BCUT2D eigenvalue weighted by Gasteiger charge is -2.04. The van der Waals surface area contributed by atoms with E-state index in [1.54, 1.807) is 43.5 Å². The van der Waals surface area contributed by atoms with E-state index < -0.39 is 5.97 Å². The molecule has 24 heavy (non-hydrogen) atoms. The molecule has 0 spiro atoms. The van der Waals surface area contributed by atoms with E-state index in [0.29, 0.717) is 33.6 Å². The summed E-state index contributed by atoms with van der Waals surface area (Å²) in [5.74, 6) is 0.307. The predicted octanol–water partition coefficient (Wildman–Crippen LogP) is 3.39. The molecular formula is C19H16O5. The molecule has 0 radical (unpaired) electrons. The number of fused-ring (bicyclic) bond motifs is 1. The number of benzene rings is 2. The fraction of sp³-hybridized carbons (Fsp3) is 0.158. The van der Waals surface area contributed by atoms with Gasteiger partial charge in [0.2, 0.25) is 0 Å². The van der Waals surface area contributed by atoms with E-state index in [1.807, 2.05) is 12.1 Å². The number of carbonyl (C=O) groups is 2. The number of ketones is 1. The monoisotopic (exact) mass is 324 g/mol. The highest BCUT2D eigenvalue weighted by molar-refractivity contribution is 6.17. The molecule has 5 nitrogen and oxygen atoms in total. The maximum atomic E-state index is 13.0. The van der Waals surface area contributed by atoms with Gasteiger partial charge in [0.25, 0.3) is 0 Å². The second kappa shape index (κ2) is 6.58. The van der Waals surface area contributed by atoms with E-state index in [1.165, 1.54) is 7.11 Å². The predicted molar refractivity (Wildman–Crippen MR) is 88.4 cm³/mol. The Morgan fingerprint density at radius 1 is 1.00 bits per heavy atom. The summed E-state index contributed by atoms with van der Waals surface area (Å²) in [4.78, 5) is 24.6. The highest BCUT2D eigenvalue weighted by atomic mass is 16.5. The van der Waals surface area contributed by atoms with Crippen molar-refractivity contribution in [1.82, 2.24) is 0 Å². The molecule has 0 bridgehead atoms. The lowest BCUT2D eigenvalue weighted by molar-refractivity contribution is -0.140. The smallest absolute Gasteiger partial charge is 0.313 e. The first-order valence-corrected chi connectivity index (χ1v) is 7.40. The van der Waals surface area contributed by atoms with Crippen LogP contribution in [0.2, 0.25) is 0 Å². The van der Waals surface area contributed by atoms with Crippen LogP contribution in [0.15, 0.2) is 52.9 Å². The van der Waals surface area contributed by atoms with Gasteiger partial charge in [-0.3, -0.25) is 9.59 Å². The number of carbonyl (C=O) groups excluding carboxylic acids is 2. The van der Waals surface area contributed by atoms with Crippen LogP contribution in [0.3, 0.4) is 0 Å². The Balaban J connectivity index is 2.09. The molecule has 5 heteroatoms. The van der Waals surface area contributed by atoms with Crippen molar-refractivity contribution in [3.63, 3.8) is 0 Å². The molecule has 0 aliphatic carbocycles. The van der Waals surface area contributed by atoms with Gasteiger partial charge in [-0.2, -0.15) is 0 Å². The van der Waals surface area contributed by atoms with Gasteiger partial charge in [0.1, 0.15) is 23.5 Å². The van der Waals surface area contributed by atoms with Crippen LogP contribution in [0.1, 0.15) is 21.7 Å². The number of methoxy groups -OCH3 is 2. The fourth-order valence-electron chi connectivity index (χ4n) is 2.56. The van der Waals surface area contributed by atoms with Gasteiger partial charge >= 0.3 is 5.97 Å². The van der Waals surface area contributed by atoms with Crippen LogP contribution in [0.4, 0.5) is 0 Å². The van der Waals surface area contributed by atoms with E-state index in [2.05, 4.69) is 0 Å². The molecule has 3 rings (SSSR count). The van der Waals surface area contributed by atoms with Gasteiger partial charge in [-0.15, -0.1) is 0 Å². The normalized spacial score (nSPS) is 10.6. The van der Waals surface area contributed by atoms with Crippen molar-refractivity contribution in [3.8, 4) is 5.75 Å². The van der Waals surface area contributed by atoms with Crippen molar-refractivity contribution in [2.45, 2.75) is 6.42 Å². The van der Waals surface area contributed by atoms with Gasteiger partial charge in [-0.25, -0.2) is 0 Å². The highest BCUT2D eigenvalue weighted by Crippen LogP contribution is 2.29. The summed E-state index contributed by atoms with van der Waals surface area (Å²) in [5, 5.41) is 0.678. The number of furan rings is 1. The standard InChI is InChI=1S/C19H16O5/c1-22-13-9-7-12(8-10-13)19(21)18-14-5-3-4-6-15(14)24-16(18)11-17(20)23-2/h3-10H,11H2,1-2H3. The van der Waals surface area contributed by atoms with E-state index >= 15 is 0 Å². The topological polar surface area (TPSA) is 65.7 Å². The third-order valence-corrected chi connectivity index (χ3v) is 3.78. The van der Waals surface area contributed by atoms with Crippen LogP contribution in [-0.4, -0.2) is 26.0 Å². The van der Waals surface area contributed by atoms with Crippen molar-refractivity contribution in [3.05, 3.63) is 65.4 Å².